The van der Waals surface area contributed by atoms with E-state index >= 15 is 0 Å². The minimum Gasteiger partial charge on any atom is -0.392 e. The first-order valence-corrected chi connectivity index (χ1v) is 7.26. The summed E-state index contributed by atoms with van der Waals surface area (Å²) in [6.07, 6.45) is 4.96. The van der Waals surface area contributed by atoms with Gasteiger partial charge in [-0.2, -0.15) is 0 Å². The number of aromatic amines is 1. The Morgan fingerprint density at radius 1 is 1.38 bits per heavy atom. The average Bonchev–Trinajstić information content (AvgIpc) is 2.94. The summed E-state index contributed by atoms with van der Waals surface area (Å²) in [5, 5.41) is 9.89. The van der Waals surface area contributed by atoms with E-state index in [1.54, 1.807) is 0 Å². The average molecular weight is 285 g/mol. The second-order valence-corrected chi connectivity index (χ2v) is 5.33. The third kappa shape index (κ3) is 4.85. The summed E-state index contributed by atoms with van der Waals surface area (Å²) in [6.45, 7) is 5.00. The first-order valence-electron chi connectivity index (χ1n) is 7.26. The maximum Gasteiger partial charge on any atom is 0.120 e. The first kappa shape index (κ1) is 15.5. The number of likely N-dealkylation sites (N-methyl/N-ethyl adjacent to an activating group) is 1. The van der Waals surface area contributed by atoms with Crippen molar-refractivity contribution in [2.45, 2.75) is 25.5 Å². The van der Waals surface area contributed by atoms with E-state index < -0.39 is 0 Å². The Kier molecular flexibility index (Phi) is 5.72. The van der Waals surface area contributed by atoms with Crippen LogP contribution in [0.25, 0.3) is 11.3 Å². The van der Waals surface area contributed by atoms with E-state index in [1.165, 1.54) is 0 Å². The molecule has 0 saturated heterocycles. The number of allylic oxidation sites excluding steroid dienone is 1. The van der Waals surface area contributed by atoms with Crippen molar-refractivity contribution in [3.05, 3.63) is 55.0 Å². The molecule has 21 heavy (non-hydrogen) atoms. The number of benzene rings is 1. The topological polar surface area (TPSA) is 52.1 Å². The first-order chi connectivity index (χ1) is 10.2. The van der Waals surface area contributed by atoms with Gasteiger partial charge in [0, 0.05) is 6.54 Å². The molecule has 1 atom stereocenters. The van der Waals surface area contributed by atoms with E-state index in [-0.39, 0.29) is 6.10 Å². The Morgan fingerprint density at radius 2 is 2.14 bits per heavy atom. The number of rotatable bonds is 8. The van der Waals surface area contributed by atoms with E-state index in [0.717, 1.165) is 29.9 Å². The zero-order valence-electron chi connectivity index (χ0n) is 12.5. The maximum atomic E-state index is 9.89. The standard InChI is InChI=1S/C17H23N3O/c1-3-4-10-15(21)12-20(2)13-17-18-11-16(19-17)14-8-6-5-7-9-14/h3,5-9,11,15,21H,1,4,10,12-13H2,2H3,(H,18,19). The monoisotopic (exact) mass is 285 g/mol. The molecule has 0 aliphatic rings. The molecule has 0 fully saturated rings. The Balaban J connectivity index is 1.89. The molecular formula is C17H23N3O. The van der Waals surface area contributed by atoms with Crippen LogP contribution in [0.1, 0.15) is 18.7 Å². The second kappa shape index (κ2) is 7.76. The SMILES string of the molecule is C=CCCC(O)CN(C)Cc1ncc(-c2ccccc2)[nH]1. The summed E-state index contributed by atoms with van der Waals surface area (Å²) >= 11 is 0. The van der Waals surface area contributed by atoms with Crippen LogP contribution in [-0.4, -0.2) is 39.7 Å². The van der Waals surface area contributed by atoms with Gasteiger partial charge in [-0.1, -0.05) is 36.4 Å². The van der Waals surface area contributed by atoms with Gasteiger partial charge in [-0.3, -0.25) is 4.90 Å². The highest BCUT2D eigenvalue weighted by Gasteiger charge is 2.10. The third-order valence-electron chi connectivity index (χ3n) is 3.36. The summed E-state index contributed by atoms with van der Waals surface area (Å²) in [5.41, 5.74) is 2.15. The van der Waals surface area contributed by atoms with Gasteiger partial charge in [0.15, 0.2) is 0 Å². The van der Waals surface area contributed by atoms with Crippen LogP contribution in [0.5, 0.6) is 0 Å². The van der Waals surface area contributed by atoms with Crippen molar-refractivity contribution in [1.29, 1.82) is 0 Å². The number of imidazole rings is 1. The zero-order valence-corrected chi connectivity index (χ0v) is 12.5. The van der Waals surface area contributed by atoms with Gasteiger partial charge in [-0.05, 0) is 25.5 Å². The highest BCUT2D eigenvalue weighted by Crippen LogP contribution is 2.16. The summed E-state index contributed by atoms with van der Waals surface area (Å²) in [4.78, 5) is 9.80. The van der Waals surface area contributed by atoms with Crippen LogP contribution in [0.3, 0.4) is 0 Å². The van der Waals surface area contributed by atoms with Crippen molar-refractivity contribution >= 4 is 0 Å². The van der Waals surface area contributed by atoms with Crippen LogP contribution in [-0.2, 0) is 6.54 Å². The lowest BCUT2D eigenvalue weighted by Gasteiger charge is -2.19. The van der Waals surface area contributed by atoms with E-state index in [1.807, 2.05) is 37.5 Å². The molecule has 1 aromatic carbocycles. The van der Waals surface area contributed by atoms with Crippen LogP contribution in [0.2, 0.25) is 0 Å². The van der Waals surface area contributed by atoms with E-state index in [2.05, 4.69) is 33.6 Å². The van der Waals surface area contributed by atoms with Gasteiger partial charge in [-0.15, -0.1) is 6.58 Å². The van der Waals surface area contributed by atoms with Crippen molar-refractivity contribution in [2.75, 3.05) is 13.6 Å². The Hall–Kier alpha value is -1.91. The Bertz CT molecular complexity index is 550. The van der Waals surface area contributed by atoms with Crippen LogP contribution >= 0.6 is 0 Å². The molecule has 0 aliphatic carbocycles. The molecule has 1 aromatic heterocycles. The number of aliphatic hydroxyl groups is 1. The number of nitrogens with one attached hydrogen (secondary N) is 1. The van der Waals surface area contributed by atoms with Crippen molar-refractivity contribution in [1.82, 2.24) is 14.9 Å². The molecule has 1 unspecified atom stereocenters. The quantitative estimate of drug-likeness (QED) is 0.733. The summed E-state index contributed by atoms with van der Waals surface area (Å²) in [7, 11) is 1.99. The lowest BCUT2D eigenvalue weighted by Crippen LogP contribution is -2.29. The van der Waals surface area contributed by atoms with Crippen molar-refractivity contribution in [3.8, 4) is 11.3 Å². The molecule has 4 nitrogen and oxygen atoms in total. The number of hydrogen-bond acceptors (Lipinski definition) is 3. The predicted molar refractivity (Wildman–Crippen MR) is 85.8 cm³/mol. The van der Waals surface area contributed by atoms with E-state index in [4.69, 9.17) is 0 Å². The fourth-order valence-electron chi connectivity index (χ4n) is 2.29. The molecule has 0 amide bonds. The van der Waals surface area contributed by atoms with Gasteiger partial charge in [0.2, 0.25) is 0 Å². The highest BCUT2D eigenvalue weighted by atomic mass is 16.3. The Morgan fingerprint density at radius 3 is 2.86 bits per heavy atom. The normalized spacial score (nSPS) is 12.5. The van der Waals surface area contributed by atoms with Crippen molar-refractivity contribution in [2.24, 2.45) is 0 Å². The van der Waals surface area contributed by atoms with Crippen LogP contribution < -0.4 is 0 Å². The fraction of sp³-hybridized carbons (Fsp3) is 0.353. The van der Waals surface area contributed by atoms with E-state index in [0.29, 0.717) is 13.1 Å². The van der Waals surface area contributed by atoms with Crippen LogP contribution in [0, 0.1) is 0 Å². The molecule has 0 aliphatic heterocycles. The second-order valence-electron chi connectivity index (χ2n) is 5.33. The summed E-state index contributed by atoms with van der Waals surface area (Å²) < 4.78 is 0. The minimum atomic E-state index is -0.323. The van der Waals surface area contributed by atoms with Crippen molar-refractivity contribution in [3.63, 3.8) is 0 Å². The molecule has 2 aromatic rings. The highest BCUT2D eigenvalue weighted by molar-refractivity contribution is 5.57. The minimum absolute atomic E-state index is 0.323. The summed E-state index contributed by atoms with van der Waals surface area (Å²) in [6, 6.07) is 10.1. The van der Waals surface area contributed by atoms with E-state index in [9.17, 15) is 5.11 Å². The summed E-state index contributed by atoms with van der Waals surface area (Å²) in [5.74, 6) is 0.910. The third-order valence-corrected chi connectivity index (χ3v) is 3.36. The van der Waals surface area contributed by atoms with Gasteiger partial charge in [-0.25, -0.2) is 4.98 Å². The molecular weight excluding hydrogens is 262 g/mol. The lowest BCUT2D eigenvalue weighted by atomic mass is 10.2. The van der Waals surface area contributed by atoms with Crippen LogP contribution in [0.15, 0.2) is 49.2 Å². The van der Waals surface area contributed by atoms with Gasteiger partial charge < -0.3 is 10.1 Å². The molecule has 0 spiro atoms. The smallest absolute Gasteiger partial charge is 0.120 e. The number of aliphatic hydroxyl groups excluding tert-OH is 1. The Labute approximate surface area is 126 Å². The molecule has 0 saturated carbocycles. The van der Waals surface area contributed by atoms with Gasteiger partial charge in [0.05, 0.1) is 24.5 Å². The number of hydrogen-bond donors (Lipinski definition) is 2. The molecule has 4 heteroatoms. The molecule has 0 bridgehead atoms. The number of nitrogens with zero attached hydrogens (tertiary/aromatic N) is 2. The molecule has 2 rings (SSSR count). The van der Waals surface area contributed by atoms with Gasteiger partial charge >= 0.3 is 0 Å². The number of aromatic nitrogens is 2. The molecule has 2 N–H and O–H groups in total. The lowest BCUT2D eigenvalue weighted by molar-refractivity contribution is 0.115. The molecule has 1 heterocycles. The molecule has 0 radical (unpaired) electrons. The molecule has 112 valence electrons. The van der Waals surface area contributed by atoms with Crippen molar-refractivity contribution < 1.29 is 5.11 Å². The number of H-pyrrole nitrogens is 1. The van der Waals surface area contributed by atoms with Gasteiger partial charge in [0.1, 0.15) is 5.82 Å². The van der Waals surface area contributed by atoms with Gasteiger partial charge in [0.25, 0.3) is 0 Å². The largest absolute Gasteiger partial charge is 0.392 e. The predicted octanol–water partition coefficient (Wildman–Crippen LogP) is 2.84. The fourth-order valence-corrected chi connectivity index (χ4v) is 2.29. The zero-order chi connectivity index (χ0) is 15.1. The van der Waals surface area contributed by atoms with Crippen LogP contribution in [0.4, 0.5) is 0 Å². The maximum absolute atomic E-state index is 9.89.